The summed E-state index contributed by atoms with van der Waals surface area (Å²) in [4.78, 5) is 9.00. The number of ether oxygens (including phenoxy) is 1. The quantitative estimate of drug-likeness (QED) is 0.379. The smallest absolute Gasteiger partial charge is 0.300 e. The van der Waals surface area contributed by atoms with Gasteiger partial charge in [-0.15, -0.1) is 0 Å². The van der Waals surface area contributed by atoms with Gasteiger partial charge in [0.05, 0.1) is 23.9 Å². The van der Waals surface area contributed by atoms with Crippen LogP contribution in [-0.4, -0.2) is 30.4 Å². The predicted octanol–water partition coefficient (Wildman–Crippen LogP) is 1.26. The molecule has 8 heteroatoms. The summed E-state index contributed by atoms with van der Waals surface area (Å²) in [6.07, 6.45) is 1.45. The van der Waals surface area contributed by atoms with Crippen molar-refractivity contribution in [2.45, 2.75) is 6.92 Å². The van der Waals surface area contributed by atoms with Crippen LogP contribution in [0.25, 0.3) is 0 Å². The molecule has 1 aromatic carbocycles. The number of hydrogen-bond donors (Lipinski definition) is 4. The average Bonchev–Trinajstić information content (AvgIpc) is 2.30. The Kier molecular flexibility index (Phi) is 7.71. The van der Waals surface area contributed by atoms with Gasteiger partial charge in [-0.25, -0.2) is 5.43 Å². The van der Waals surface area contributed by atoms with Crippen LogP contribution >= 0.6 is 11.6 Å². The number of rotatable bonds is 3. The van der Waals surface area contributed by atoms with Crippen molar-refractivity contribution in [2.24, 2.45) is 10.8 Å². The van der Waals surface area contributed by atoms with Gasteiger partial charge in [0.1, 0.15) is 5.75 Å². The number of nitrogens with zero attached hydrogens (tertiary/aromatic N) is 1. The molecule has 0 aliphatic carbocycles. The SMILES string of the molecule is CC(=O)O.COc1cccc(Cl)c1/C=N/NC(=N)N. The lowest BCUT2D eigenvalue weighted by molar-refractivity contribution is -0.134. The number of hydrazone groups is 1. The monoisotopic (exact) mass is 286 g/mol. The number of carboxylic acids is 1. The van der Waals surface area contributed by atoms with Gasteiger partial charge in [0.2, 0.25) is 5.96 Å². The topological polar surface area (TPSA) is 121 Å². The number of nitrogens with two attached hydrogens (primary N) is 1. The zero-order valence-corrected chi connectivity index (χ0v) is 11.2. The van der Waals surface area contributed by atoms with Crippen LogP contribution < -0.4 is 15.9 Å². The fourth-order valence-corrected chi connectivity index (χ4v) is 1.20. The third-order valence-electron chi connectivity index (χ3n) is 1.61. The van der Waals surface area contributed by atoms with Crippen molar-refractivity contribution in [2.75, 3.05) is 7.11 Å². The molecule has 0 bridgehead atoms. The maximum absolute atomic E-state index is 9.00. The molecule has 0 amide bonds. The number of aliphatic carboxylic acids is 1. The van der Waals surface area contributed by atoms with Crippen molar-refractivity contribution in [3.63, 3.8) is 0 Å². The molecule has 5 N–H and O–H groups in total. The fraction of sp³-hybridized carbons (Fsp3) is 0.182. The molecule has 0 saturated heterocycles. The van der Waals surface area contributed by atoms with Crippen LogP contribution in [0.15, 0.2) is 23.3 Å². The molecule has 1 rings (SSSR count). The number of guanidine groups is 1. The molecule has 0 heterocycles. The van der Waals surface area contributed by atoms with Gasteiger partial charge in [0.25, 0.3) is 5.97 Å². The zero-order chi connectivity index (χ0) is 14.8. The maximum atomic E-state index is 9.00. The molecular formula is C11H15ClN4O3. The summed E-state index contributed by atoms with van der Waals surface area (Å²) in [5.41, 5.74) is 7.98. The van der Waals surface area contributed by atoms with Crippen LogP contribution in [0.5, 0.6) is 5.75 Å². The average molecular weight is 287 g/mol. The summed E-state index contributed by atoms with van der Waals surface area (Å²) in [6, 6.07) is 5.26. The van der Waals surface area contributed by atoms with Gasteiger partial charge in [0.15, 0.2) is 0 Å². The number of halogens is 1. The van der Waals surface area contributed by atoms with E-state index >= 15 is 0 Å². The molecule has 0 spiro atoms. The third kappa shape index (κ3) is 7.61. The van der Waals surface area contributed by atoms with Gasteiger partial charge < -0.3 is 15.6 Å². The number of methoxy groups -OCH3 is 1. The summed E-state index contributed by atoms with van der Waals surface area (Å²) in [6.45, 7) is 1.08. The van der Waals surface area contributed by atoms with E-state index in [0.29, 0.717) is 16.3 Å². The van der Waals surface area contributed by atoms with Gasteiger partial charge in [-0.2, -0.15) is 5.10 Å². The van der Waals surface area contributed by atoms with E-state index in [0.717, 1.165) is 6.92 Å². The first-order valence-corrected chi connectivity index (χ1v) is 5.41. The number of hydrogen-bond acceptors (Lipinski definition) is 4. The molecule has 19 heavy (non-hydrogen) atoms. The molecular weight excluding hydrogens is 272 g/mol. The minimum atomic E-state index is -0.833. The summed E-state index contributed by atoms with van der Waals surface area (Å²) in [5.74, 6) is -0.464. The molecule has 7 nitrogen and oxygen atoms in total. The van der Waals surface area contributed by atoms with Crippen LogP contribution in [0, 0.1) is 5.41 Å². The van der Waals surface area contributed by atoms with Crippen molar-refractivity contribution in [1.82, 2.24) is 5.43 Å². The Balaban J connectivity index is 0.000000711. The second-order valence-corrected chi connectivity index (χ2v) is 3.57. The van der Waals surface area contributed by atoms with E-state index in [4.69, 9.17) is 37.4 Å². The molecule has 1 aromatic rings. The molecule has 0 aliphatic rings. The van der Waals surface area contributed by atoms with Crippen molar-refractivity contribution < 1.29 is 14.6 Å². The normalized spacial score (nSPS) is 9.42. The maximum Gasteiger partial charge on any atom is 0.300 e. The Bertz CT molecular complexity index is 473. The molecule has 0 atom stereocenters. The van der Waals surface area contributed by atoms with Gasteiger partial charge in [-0.3, -0.25) is 10.2 Å². The van der Waals surface area contributed by atoms with Gasteiger partial charge in [-0.1, -0.05) is 17.7 Å². The molecule has 0 unspecified atom stereocenters. The molecule has 0 aliphatic heterocycles. The Morgan fingerprint density at radius 1 is 1.63 bits per heavy atom. The number of benzene rings is 1. The van der Waals surface area contributed by atoms with Crippen molar-refractivity contribution in [3.05, 3.63) is 28.8 Å². The van der Waals surface area contributed by atoms with E-state index in [9.17, 15) is 0 Å². The van der Waals surface area contributed by atoms with Crippen molar-refractivity contribution >= 4 is 29.7 Å². The summed E-state index contributed by atoms with van der Waals surface area (Å²) in [7, 11) is 1.54. The molecule has 0 radical (unpaired) electrons. The highest BCUT2D eigenvalue weighted by Gasteiger charge is 2.04. The number of carbonyl (C=O) groups is 1. The lowest BCUT2D eigenvalue weighted by atomic mass is 10.2. The first-order valence-electron chi connectivity index (χ1n) is 5.03. The van der Waals surface area contributed by atoms with Crippen LogP contribution in [-0.2, 0) is 4.79 Å². The van der Waals surface area contributed by atoms with Crippen LogP contribution in [0.1, 0.15) is 12.5 Å². The largest absolute Gasteiger partial charge is 0.496 e. The zero-order valence-electron chi connectivity index (χ0n) is 10.5. The lowest BCUT2D eigenvalue weighted by Crippen LogP contribution is -2.25. The third-order valence-corrected chi connectivity index (χ3v) is 1.94. The predicted molar refractivity (Wildman–Crippen MR) is 74.0 cm³/mol. The highest BCUT2D eigenvalue weighted by atomic mass is 35.5. The second kappa shape index (κ2) is 8.76. The summed E-state index contributed by atoms with van der Waals surface area (Å²) >= 11 is 5.94. The fourth-order valence-electron chi connectivity index (χ4n) is 0.987. The summed E-state index contributed by atoms with van der Waals surface area (Å²) < 4.78 is 5.10. The molecule has 0 fully saturated rings. The van der Waals surface area contributed by atoms with E-state index < -0.39 is 5.97 Å². The molecule has 104 valence electrons. The number of carboxylic acid groups (broad SMARTS) is 1. The van der Waals surface area contributed by atoms with E-state index in [1.165, 1.54) is 6.21 Å². The second-order valence-electron chi connectivity index (χ2n) is 3.16. The molecule has 0 saturated carbocycles. The Labute approximate surface area is 115 Å². The van der Waals surface area contributed by atoms with Crippen molar-refractivity contribution in [3.8, 4) is 5.75 Å². The Morgan fingerprint density at radius 2 is 2.21 bits per heavy atom. The minimum Gasteiger partial charge on any atom is -0.496 e. The molecule has 0 aromatic heterocycles. The van der Waals surface area contributed by atoms with Crippen molar-refractivity contribution in [1.29, 1.82) is 5.41 Å². The van der Waals surface area contributed by atoms with Gasteiger partial charge in [0, 0.05) is 6.92 Å². The standard InChI is InChI=1S/C9H11ClN4O.C2H4O2/c1-15-8-4-2-3-7(10)6(8)5-13-14-9(11)12;1-2(3)4/h2-5H,1H3,(H4,11,12,14);1H3,(H,3,4)/b13-5+;. The minimum absolute atomic E-state index is 0.239. The number of nitrogens with one attached hydrogen (secondary N) is 2. The van der Waals surface area contributed by atoms with Gasteiger partial charge >= 0.3 is 0 Å². The Hall–Kier alpha value is -2.28. The lowest BCUT2D eigenvalue weighted by Gasteiger charge is -2.05. The van der Waals surface area contributed by atoms with Gasteiger partial charge in [-0.05, 0) is 12.1 Å². The first kappa shape index (κ1) is 16.7. The van der Waals surface area contributed by atoms with E-state index in [1.807, 2.05) is 0 Å². The van der Waals surface area contributed by atoms with E-state index in [-0.39, 0.29) is 5.96 Å². The van der Waals surface area contributed by atoms with Crippen LogP contribution in [0.2, 0.25) is 5.02 Å². The van der Waals surface area contributed by atoms with Crippen LogP contribution in [0.3, 0.4) is 0 Å². The summed E-state index contributed by atoms with van der Waals surface area (Å²) in [5, 5.41) is 18.6. The Morgan fingerprint density at radius 3 is 2.68 bits per heavy atom. The van der Waals surface area contributed by atoms with E-state index in [2.05, 4.69) is 10.5 Å². The van der Waals surface area contributed by atoms with Crippen LogP contribution in [0.4, 0.5) is 0 Å². The first-order chi connectivity index (χ1) is 8.88. The highest BCUT2D eigenvalue weighted by Crippen LogP contribution is 2.23. The highest BCUT2D eigenvalue weighted by molar-refractivity contribution is 6.33. The van der Waals surface area contributed by atoms with E-state index in [1.54, 1.807) is 25.3 Å².